The van der Waals surface area contributed by atoms with E-state index in [1.165, 1.54) is 0 Å². The second-order valence-corrected chi connectivity index (χ2v) is 9.31. The van der Waals surface area contributed by atoms with Crippen LogP contribution in [0.5, 0.6) is 5.75 Å². The van der Waals surface area contributed by atoms with Gasteiger partial charge in [0.2, 0.25) is 0 Å². The second kappa shape index (κ2) is 6.21. The lowest BCUT2D eigenvalue weighted by Gasteiger charge is -2.62. The maximum absolute atomic E-state index is 12.9. The van der Waals surface area contributed by atoms with E-state index in [1.807, 2.05) is 24.3 Å². The van der Waals surface area contributed by atoms with E-state index >= 15 is 0 Å². The summed E-state index contributed by atoms with van der Waals surface area (Å²) < 4.78 is 10.2. The number of pyridine rings is 1. The lowest BCUT2D eigenvalue weighted by Crippen LogP contribution is -2.67. The van der Waals surface area contributed by atoms with Gasteiger partial charge in [-0.05, 0) is 46.3 Å². The minimum absolute atomic E-state index is 0.112. The Morgan fingerprint density at radius 3 is 2.50 bits per heavy atom. The van der Waals surface area contributed by atoms with Gasteiger partial charge in [-0.2, -0.15) is 5.26 Å². The minimum Gasteiger partial charge on any atom is -0.489 e. The Balaban J connectivity index is 1.69. The summed E-state index contributed by atoms with van der Waals surface area (Å²) in [5.74, 6) is 0.692. The predicted octanol–water partition coefficient (Wildman–Crippen LogP) is 4.18. The number of rotatable bonds is 3. The van der Waals surface area contributed by atoms with Crippen molar-refractivity contribution in [2.45, 2.75) is 39.8 Å². The molecule has 28 heavy (non-hydrogen) atoms. The molecule has 0 unspecified atom stereocenters. The Kier molecular flexibility index (Phi) is 4.16. The number of ether oxygens (including phenoxy) is 1. The van der Waals surface area contributed by atoms with Gasteiger partial charge in [0.25, 0.3) is 0 Å². The van der Waals surface area contributed by atoms with Gasteiger partial charge in [-0.1, -0.05) is 33.8 Å². The first-order chi connectivity index (χ1) is 13.2. The fraction of sp³-hybridized carbons (Fsp3) is 0.381. The van der Waals surface area contributed by atoms with Crippen LogP contribution >= 0.6 is 15.9 Å². The number of hydrogen-bond acceptors (Lipinski definition) is 4. The fourth-order valence-corrected chi connectivity index (χ4v) is 5.39. The molecule has 0 saturated heterocycles. The van der Waals surface area contributed by atoms with Crippen molar-refractivity contribution in [3.8, 4) is 11.8 Å². The monoisotopic (exact) mass is 440 g/mol. The molecule has 2 aromatic heterocycles. The third-order valence-corrected chi connectivity index (χ3v) is 6.43. The first-order valence-corrected chi connectivity index (χ1v) is 9.89. The summed E-state index contributed by atoms with van der Waals surface area (Å²) in [6.07, 6.45) is 1.61. The molecule has 1 saturated carbocycles. The standard InChI is InChI=1S/C21H21BrN4O2/c1-20(2)17(26-19(27)25-10-6-5-7-16(25)24-26)21(3,4)18(20)28-14-9-8-13(12-23)15(22)11-14/h5-11,17-18H,1-4H3/t17-,18-. The fourth-order valence-electron chi connectivity index (χ4n) is 4.95. The largest absolute Gasteiger partial charge is 0.489 e. The molecule has 2 heterocycles. The zero-order chi connectivity index (χ0) is 20.3. The maximum Gasteiger partial charge on any atom is 0.350 e. The van der Waals surface area contributed by atoms with E-state index in [0.717, 1.165) is 0 Å². The molecule has 1 aliphatic carbocycles. The number of benzene rings is 1. The van der Waals surface area contributed by atoms with Gasteiger partial charge in [-0.25, -0.2) is 9.48 Å². The summed E-state index contributed by atoms with van der Waals surface area (Å²) in [6, 6.07) is 12.9. The van der Waals surface area contributed by atoms with Crippen molar-refractivity contribution in [1.29, 1.82) is 5.26 Å². The molecule has 0 N–H and O–H groups in total. The number of aromatic nitrogens is 3. The summed E-state index contributed by atoms with van der Waals surface area (Å²) in [5.41, 5.74) is 0.437. The SMILES string of the molecule is CC1(C)[C@H](Oc2ccc(C#N)c(Br)c2)C(C)(C)[C@H]1n1nc2ccccn2c1=O. The van der Waals surface area contributed by atoms with Crippen LogP contribution in [0, 0.1) is 22.2 Å². The predicted molar refractivity (Wildman–Crippen MR) is 109 cm³/mol. The first kappa shape index (κ1) is 18.8. The van der Waals surface area contributed by atoms with Gasteiger partial charge in [-0.3, -0.25) is 4.40 Å². The molecule has 6 nitrogen and oxygen atoms in total. The van der Waals surface area contributed by atoms with E-state index in [2.05, 4.69) is 54.8 Å². The molecule has 0 aliphatic heterocycles. The van der Waals surface area contributed by atoms with Crippen molar-refractivity contribution in [1.82, 2.24) is 14.2 Å². The summed E-state index contributed by atoms with van der Waals surface area (Å²) in [6.45, 7) is 8.40. The average Bonchev–Trinajstić information content (AvgIpc) is 2.95. The van der Waals surface area contributed by atoms with Crippen LogP contribution in [-0.4, -0.2) is 20.3 Å². The third kappa shape index (κ3) is 2.59. The number of hydrogen-bond donors (Lipinski definition) is 0. The van der Waals surface area contributed by atoms with Gasteiger partial charge in [0.1, 0.15) is 17.9 Å². The molecular weight excluding hydrogens is 420 g/mol. The number of nitriles is 1. The highest BCUT2D eigenvalue weighted by Crippen LogP contribution is 2.62. The number of nitrogens with zero attached hydrogens (tertiary/aromatic N) is 4. The van der Waals surface area contributed by atoms with Crippen LogP contribution in [-0.2, 0) is 0 Å². The van der Waals surface area contributed by atoms with Crippen LogP contribution < -0.4 is 10.4 Å². The van der Waals surface area contributed by atoms with Crippen molar-refractivity contribution >= 4 is 21.6 Å². The van der Waals surface area contributed by atoms with Gasteiger partial charge >= 0.3 is 5.69 Å². The van der Waals surface area contributed by atoms with Crippen LogP contribution in [0.1, 0.15) is 39.3 Å². The van der Waals surface area contributed by atoms with E-state index in [0.29, 0.717) is 21.4 Å². The topological polar surface area (TPSA) is 72.3 Å². The molecule has 3 aromatic rings. The van der Waals surface area contributed by atoms with Crippen molar-refractivity contribution in [3.05, 3.63) is 63.1 Å². The average molecular weight is 441 g/mol. The summed E-state index contributed by atoms with van der Waals surface area (Å²) in [5, 5.41) is 13.7. The molecule has 1 aromatic carbocycles. The van der Waals surface area contributed by atoms with Gasteiger partial charge in [0.15, 0.2) is 5.65 Å². The van der Waals surface area contributed by atoms with Crippen LogP contribution in [0.25, 0.3) is 5.65 Å². The minimum atomic E-state index is -0.314. The lowest BCUT2D eigenvalue weighted by molar-refractivity contribution is -0.192. The van der Waals surface area contributed by atoms with Gasteiger partial charge in [0, 0.05) is 21.5 Å². The van der Waals surface area contributed by atoms with Crippen LogP contribution in [0.4, 0.5) is 0 Å². The molecule has 0 spiro atoms. The van der Waals surface area contributed by atoms with Crippen LogP contribution in [0.2, 0.25) is 0 Å². The van der Waals surface area contributed by atoms with Gasteiger partial charge in [-0.15, -0.1) is 5.10 Å². The summed E-state index contributed by atoms with van der Waals surface area (Å²) in [4.78, 5) is 12.9. The Morgan fingerprint density at radius 2 is 1.89 bits per heavy atom. The Hall–Kier alpha value is -2.59. The van der Waals surface area contributed by atoms with Gasteiger partial charge in [0.05, 0.1) is 11.6 Å². The van der Waals surface area contributed by atoms with E-state index in [-0.39, 0.29) is 28.7 Å². The maximum atomic E-state index is 12.9. The van der Waals surface area contributed by atoms with Crippen LogP contribution in [0.15, 0.2) is 51.9 Å². The van der Waals surface area contributed by atoms with E-state index in [4.69, 9.17) is 10.00 Å². The Bertz CT molecular complexity index is 1150. The molecule has 144 valence electrons. The molecule has 0 radical (unpaired) electrons. The zero-order valence-corrected chi connectivity index (χ0v) is 17.8. The quantitative estimate of drug-likeness (QED) is 0.611. The van der Waals surface area contributed by atoms with Crippen molar-refractivity contribution < 1.29 is 4.74 Å². The molecule has 1 aliphatic rings. The second-order valence-electron chi connectivity index (χ2n) is 8.45. The molecule has 1 fully saturated rings. The number of halogens is 1. The molecule has 0 amide bonds. The highest BCUT2D eigenvalue weighted by atomic mass is 79.9. The Labute approximate surface area is 171 Å². The molecule has 0 atom stereocenters. The van der Waals surface area contributed by atoms with Crippen LogP contribution in [0.3, 0.4) is 0 Å². The molecule has 0 bridgehead atoms. The first-order valence-electron chi connectivity index (χ1n) is 9.10. The van der Waals surface area contributed by atoms with Gasteiger partial charge < -0.3 is 4.74 Å². The molecule has 7 heteroatoms. The van der Waals surface area contributed by atoms with Crippen molar-refractivity contribution in [2.75, 3.05) is 0 Å². The number of fused-ring (bicyclic) bond motifs is 1. The highest BCUT2D eigenvalue weighted by Gasteiger charge is 2.65. The van der Waals surface area contributed by atoms with Crippen molar-refractivity contribution in [2.24, 2.45) is 10.8 Å². The molecular formula is C21H21BrN4O2. The highest BCUT2D eigenvalue weighted by molar-refractivity contribution is 9.10. The third-order valence-electron chi connectivity index (χ3n) is 5.77. The summed E-state index contributed by atoms with van der Waals surface area (Å²) in [7, 11) is 0. The molecule has 4 rings (SSSR count). The lowest BCUT2D eigenvalue weighted by atomic mass is 9.49. The van der Waals surface area contributed by atoms with E-state index < -0.39 is 0 Å². The zero-order valence-electron chi connectivity index (χ0n) is 16.2. The summed E-state index contributed by atoms with van der Waals surface area (Å²) >= 11 is 3.41. The van der Waals surface area contributed by atoms with E-state index in [1.54, 1.807) is 27.4 Å². The smallest absolute Gasteiger partial charge is 0.350 e. The Morgan fingerprint density at radius 1 is 1.18 bits per heavy atom. The normalized spacial score (nSPS) is 22.4. The van der Waals surface area contributed by atoms with Crippen molar-refractivity contribution in [3.63, 3.8) is 0 Å². The van der Waals surface area contributed by atoms with E-state index in [9.17, 15) is 4.79 Å².